The zero-order valence-corrected chi connectivity index (χ0v) is 11.1. The van der Waals surface area contributed by atoms with E-state index in [-0.39, 0.29) is 13.2 Å². The third kappa shape index (κ3) is 5.36. The Bertz CT molecular complexity index is 348. The second-order valence-corrected chi connectivity index (χ2v) is 4.30. The zero-order chi connectivity index (χ0) is 17.9. The molecule has 2 aliphatic rings. The third-order valence-corrected chi connectivity index (χ3v) is 2.53. The molecule has 0 aromatic heterocycles. The van der Waals surface area contributed by atoms with Gasteiger partial charge >= 0.3 is 24.3 Å². The van der Waals surface area contributed by atoms with Gasteiger partial charge in [-0.05, 0) is 0 Å². The summed E-state index contributed by atoms with van der Waals surface area (Å²) in [5.41, 5.74) is 0. The molecule has 2 aliphatic heterocycles. The van der Waals surface area contributed by atoms with Crippen LogP contribution in [0.2, 0.25) is 0 Å². The minimum absolute atomic E-state index is 0.265. The van der Waals surface area contributed by atoms with Gasteiger partial charge in [0.15, 0.2) is 6.29 Å². The van der Waals surface area contributed by atoms with Gasteiger partial charge in [-0.3, -0.25) is 0 Å². The van der Waals surface area contributed by atoms with E-state index >= 15 is 0 Å². The van der Waals surface area contributed by atoms with Crippen LogP contribution in [-0.4, -0.2) is 57.0 Å². The third-order valence-electron chi connectivity index (χ3n) is 2.53. The summed E-state index contributed by atoms with van der Waals surface area (Å²) in [5.74, 6) is -4.43. The minimum Gasteiger partial charge on any atom is -0.350 e. The number of ether oxygens (including phenoxy) is 4. The smallest absolute Gasteiger partial charge is 0.350 e. The van der Waals surface area contributed by atoms with Crippen LogP contribution in [0.3, 0.4) is 0 Å². The second kappa shape index (κ2) is 6.99. The van der Waals surface area contributed by atoms with Crippen molar-refractivity contribution in [2.24, 2.45) is 0 Å². The second-order valence-electron chi connectivity index (χ2n) is 4.30. The Labute approximate surface area is 123 Å². The normalized spacial score (nSPS) is 22.8. The Morgan fingerprint density at radius 1 is 0.696 bits per heavy atom. The molecule has 2 heterocycles. The topological polar surface area (TPSA) is 36.9 Å². The number of alkyl halides is 9. The molecule has 0 atom stereocenters. The van der Waals surface area contributed by atoms with E-state index in [0.29, 0.717) is 0 Å². The first kappa shape index (κ1) is 20.3. The fourth-order valence-electron chi connectivity index (χ4n) is 1.61. The van der Waals surface area contributed by atoms with Gasteiger partial charge in [0, 0.05) is 0 Å². The van der Waals surface area contributed by atoms with Crippen LogP contribution in [0.4, 0.5) is 39.5 Å². The molecule has 0 aromatic carbocycles. The molecule has 0 spiro atoms. The Hall–Kier alpha value is -0.790. The van der Waals surface area contributed by atoms with Gasteiger partial charge in [-0.1, -0.05) is 0 Å². The number of hydrogen-bond donors (Lipinski definition) is 0. The molecule has 0 N–H and O–H groups in total. The summed E-state index contributed by atoms with van der Waals surface area (Å²) in [6, 6.07) is 0. The van der Waals surface area contributed by atoms with E-state index in [1.165, 1.54) is 0 Å². The summed E-state index contributed by atoms with van der Waals surface area (Å²) in [6.07, 6.45) is -17.5. The molecule has 2 rings (SSSR count). The summed E-state index contributed by atoms with van der Waals surface area (Å²) in [4.78, 5) is 0. The van der Waals surface area contributed by atoms with Crippen molar-refractivity contribution in [3.05, 3.63) is 0 Å². The highest BCUT2D eigenvalue weighted by atomic mass is 19.4. The van der Waals surface area contributed by atoms with E-state index in [9.17, 15) is 39.5 Å². The molecular weight excluding hydrogens is 355 g/mol. The SMILES string of the molecule is FC(F)(F)C1(C(F)(F)F)OCCO1.FC(F)(F)CC1OCCO1. The molecule has 0 amide bonds. The van der Waals surface area contributed by atoms with Gasteiger partial charge in [-0.25, -0.2) is 0 Å². The lowest BCUT2D eigenvalue weighted by molar-refractivity contribution is -0.439. The Morgan fingerprint density at radius 3 is 1.35 bits per heavy atom. The zero-order valence-electron chi connectivity index (χ0n) is 11.1. The van der Waals surface area contributed by atoms with Gasteiger partial charge in [-0.15, -0.1) is 0 Å². The van der Waals surface area contributed by atoms with E-state index in [1.807, 2.05) is 0 Å². The Kier molecular flexibility index (Phi) is 6.15. The van der Waals surface area contributed by atoms with Gasteiger partial charge in [0.05, 0.1) is 32.8 Å². The summed E-state index contributed by atoms with van der Waals surface area (Å²) in [5, 5.41) is 0. The van der Waals surface area contributed by atoms with Gasteiger partial charge in [0.2, 0.25) is 0 Å². The molecule has 0 saturated carbocycles. The first-order valence-electron chi connectivity index (χ1n) is 6.00. The van der Waals surface area contributed by atoms with E-state index < -0.39 is 50.2 Å². The molecule has 0 aliphatic carbocycles. The molecule has 0 aromatic rings. The maximum atomic E-state index is 11.9. The van der Waals surface area contributed by atoms with Crippen molar-refractivity contribution >= 4 is 0 Å². The van der Waals surface area contributed by atoms with Crippen molar-refractivity contribution < 1.29 is 58.5 Å². The van der Waals surface area contributed by atoms with E-state index in [0.717, 1.165) is 0 Å². The quantitative estimate of drug-likeness (QED) is 0.668. The van der Waals surface area contributed by atoms with Crippen molar-refractivity contribution in [3.63, 3.8) is 0 Å². The highest BCUT2D eigenvalue weighted by Crippen LogP contribution is 2.48. The molecule has 0 bridgehead atoms. The summed E-state index contributed by atoms with van der Waals surface area (Å²) < 4.78 is 123. The summed E-state index contributed by atoms with van der Waals surface area (Å²) >= 11 is 0. The fraction of sp³-hybridized carbons (Fsp3) is 1.00. The first-order chi connectivity index (χ1) is 10.3. The molecule has 23 heavy (non-hydrogen) atoms. The van der Waals surface area contributed by atoms with Gasteiger partial charge in [0.1, 0.15) is 0 Å². The highest BCUT2D eigenvalue weighted by molar-refractivity contribution is 4.89. The highest BCUT2D eigenvalue weighted by Gasteiger charge is 2.76. The van der Waals surface area contributed by atoms with Crippen molar-refractivity contribution in [1.29, 1.82) is 0 Å². The average molecular weight is 366 g/mol. The molecule has 2 fully saturated rings. The molecule has 0 radical (unpaired) electrons. The number of halogens is 9. The van der Waals surface area contributed by atoms with Crippen LogP contribution in [0.5, 0.6) is 0 Å². The monoisotopic (exact) mass is 366 g/mol. The van der Waals surface area contributed by atoms with Crippen LogP contribution in [0.15, 0.2) is 0 Å². The van der Waals surface area contributed by atoms with Crippen LogP contribution in [0.1, 0.15) is 6.42 Å². The average Bonchev–Trinajstić information content (AvgIpc) is 2.94. The van der Waals surface area contributed by atoms with Crippen LogP contribution in [0, 0.1) is 0 Å². The van der Waals surface area contributed by atoms with Crippen LogP contribution in [0.25, 0.3) is 0 Å². The summed E-state index contributed by atoms with van der Waals surface area (Å²) in [7, 11) is 0. The van der Waals surface area contributed by atoms with Crippen LogP contribution >= 0.6 is 0 Å². The van der Waals surface area contributed by atoms with Crippen molar-refractivity contribution in [1.82, 2.24) is 0 Å². The molecule has 2 saturated heterocycles. The molecule has 13 heteroatoms. The predicted molar refractivity (Wildman–Crippen MR) is 53.1 cm³/mol. The number of hydrogen-bond acceptors (Lipinski definition) is 4. The predicted octanol–water partition coefficient (Wildman–Crippen LogP) is 3.17. The fourth-order valence-corrected chi connectivity index (χ4v) is 1.61. The van der Waals surface area contributed by atoms with Gasteiger partial charge in [-0.2, -0.15) is 39.5 Å². The van der Waals surface area contributed by atoms with Gasteiger partial charge < -0.3 is 18.9 Å². The van der Waals surface area contributed by atoms with E-state index in [4.69, 9.17) is 0 Å². The molecule has 138 valence electrons. The molecular formula is C10H11F9O4. The Morgan fingerprint density at radius 2 is 1.09 bits per heavy atom. The van der Waals surface area contributed by atoms with Crippen LogP contribution in [-0.2, 0) is 18.9 Å². The van der Waals surface area contributed by atoms with Crippen molar-refractivity contribution in [2.75, 3.05) is 26.4 Å². The Balaban J connectivity index is 0.000000238. The lowest BCUT2D eigenvalue weighted by atomic mass is 10.2. The van der Waals surface area contributed by atoms with E-state index in [1.54, 1.807) is 0 Å². The first-order valence-corrected chi connectivity index (χ1v) is 6.00. The molecule has 0 unspecified atom stereocenters. The maximum absolute atomic E-state index is 11.9. The lowest BCUT2D eigenvalue weighted by Gasteiger charge is -2.30. The lowest BCUT2D eigenvalue weighted by Crippen LogP contribution is -2.57. The largest absolute Gasteiger partial charge is 0.453 e. The van der Waals surface area contributed by atoms with Crippen molar-refractivity contribution in [3.8, 4) is 0 Å². The number of rotatable bonds is 1. The van der Waals surface area contributed by atoms with E-state index in [2.05, 4.69) is 18.9 Å². The standard InChI is InChI=1S/C5H4F6O2.C5H7F3O2/c6-4(7,8)3(5(9,10)11)12-1-2-13-3;6-5(7,8)3-4-9-1-2-10-4/h1-2H2;4H,1-3H2. The summed E-state index contributed by atoms with van der Waals surface area (Å²) in [6.45, 7) is -0.917. The maximum Gasteiger partial charge on any atom is 0.453 e. The minimum atomic E-state index is -5.61. The molecule has 4 nitrogen and oxygen atoms in total. The van der Waals surface area contributed by atoms with Gasteiger partial charge in [0.25, 0.3) is 0 Å². The van der Waals surface area contributed by atoms with Crippen LogP contribution < -0.4 is 0 Å². The van der Waals surface area contributed by atoms with Crippen molar-refractivity contribution in [2.45, 2.75) is 37.0 Å².